The second-order valence-corrected chi connectivity index (χ2v) is 3.16. The Morgan fingerprint density at radius 1 is 1.43 bits per heavy atom. The zero-order chi connectivity index (χ0) is 10.1. The minimum absolute atomic E-state index is 0.549. The number of aryl methyl sites for hydroxylation is 3. The van der Waals surface area contributed by atoms with E-state index < -0.39 is 0 Å². The van der Waals surface area contributed by atoms with Gasteiger partial charge in [-0.3, -0.25) is 4.68 Å². The van der Waals surface area contributed by atoms with Crippen molar-refractivity contribution in [2.75, 3.05) is 0 Å². The average molecular weight is 192 g/mol. The fourth-order valence-corrected chi connectivity index (χ4v) is 1.31. The summed E-state index contributed by atoms with van der Waals surface area (Å²) in [4.78, 5) is 0. The van der Waals surface area contributed by atoms with Gasteiger partial charge in [0.1, 0.15) is 0 Å². The molecule has 0 saturated heterocycles. The monoisotopic (exact) mass is 192 g/mol. The molecule has 0 spiro atoms. The topological polar surface area (TPSA) is 56.7 Å². The van der Waals surface area contributed by atoms with Crippen molar-refractivity contribution in [2.45, 2.75) is 20.3 Å². The molecule has 0 radical (unpaired) electrons. The second kappa shape index (κ2) is 3.25. The van der Waals surface area contributed by atoms with E-state index in [0.717, 1.165) is 17.7 Å². The van der Waals surface area contributed by atoms with Crippen molar-refractivity contribution in [2.24, 2.45) is 7.05 Å². The number of hydrogen-bond donors (Lipinski definition) is 0. The molecule has 0 aliphatic rings. The predicted molar refractivity (Wildman–Crippen MR) is 50.6 cm³/mol. The van der Waals surface area contributed by atoms with Crippen LogP contribution in [0, 0.1) is 6.92 Å². The summed E-state index contributed by atoms with van der Waals surface area (Å²) in [6, 6.07) is 0. The van der Waals surface area contributed by atoms with Crippen LogP contribution < -0.4 is 0 Å². The lowest BCUT2D eigenvalue weighted by molar-refractivity contribution is 0.512. The Morgan fingerprint density at radius 3 is 2.71 bits per heavy atom. The fourth-order valence-electron chi connectivity index (χ4n) is 1.31. The van der Waals surface area contributed by atoms with Crippen LogP contribution in [0.3, 0.4) is 0 Å². The molecule has 2 aromatic rings. The Kier molecular flexibility index (Phi) is 2.07. The quantitative estimate of drug-likeness (QED) is 0.720. The summed E-state index contributed by atoms with van der Waals surface area (Å²) >= 11 is 0. The molecule has 0 atom stereocenters. The predicted octanol–water partition coefficient (Wildman–Crippen LogP) is 1.34. The standard InChI is InChI=1S/C9H12N4O/c1-4-8-10-11-9(14-8)7-5-13(3)12-6(7)2/h5H,4H2,1-3H3. The van der Waals surface area contributed by atoms with Crippen molar-refractivity contribution in [3.8, 4) is 11.5 Å². The smallest absolute Gasteiger partial charge is 0.251 e. The summed E-state index contributed by atoms with van der Waals surface area (Å²) in [5.41, 5.74) is 1.80. The van der Waals surface area contributed by atoms with Crippen molar-refractivity contribution < 1.29 is 4.42 Å². The molecule has 0 N–H and O–H groups in total. The van der Waals surface area contributed by atoms with Gasteiger partial charge in [0.25, 0.3) is 5.89 Å². The van der Waals surface area contributed by atoms with Crippen LogP contribution in [-0.2, 0) is 13.5 Å². The molecule has 14 heavy (non-hydrogen) atoms. The summed E-state index contributed by atoms with van der Waals surface area (Å²) < 4.78 is 7.17. The normalized spacial score (nSPS) is 10.8. The van der Waals surface area contributed by atoms with Gasteiger partial charge in [0.15, 0.2) is 0 Å². The molecule has 0 aliphatic heterocycles. The first-order valence-corrected chi connectivity index (χ1v) is 4.53. The van der Waals surface area contributed by atoms with E-state index in [1.165, 1.54) is 0 Å². The molecule has 0 saturated carbocycles. The van der Waals surface area contributed by atoms with Crippen molar-refractivity contribution in [3.05, 3.63) is 17.8 Å². The first kappa shape index (κ1) is 8.93. The SMILES string of the molecule is CCc1nnc(-c2cn(C)nc2C)o1. The van der Waals surface area contributed by atoms with Crippen molar-refractivity contribution in [3.63, 3.8) is 0 Å². The lowest BCUT2D eigenvalue weighted by Gasteiger charge is -1.88. The summed E-state index contributed by atoms with van der Waals surface area (Å²) in [5.74, 6) is 1.20. The van der Waals surface area contributed by atoms with Gasteiger partial charge in [0.2, 0.25) is 5.89 Å². The van der Waals surface area contributed by atoms with E-state index >= 15 is 0 Å². The lowest BCUT2D eigenvalue weighted by atomic mass is 10.3. The van der Waals surface area contributed by atoms with Crippen LogP contribution in [0.2, 0.25) is 0 Å². The molecule has 0 aliphatic carbocycles. The highest BCUT2D eigenvalue weighted by atomic mass is 16.4. The maximum absolute atomic E-state index is 5.44. The van der Waals surface area contributed by atoms with Crippen LogP contribution in [-0.4, -0.2) is 20.0 Å². The minimum atomic E-state index is 0.549. The molecule has 5 heteroatoms. The third-order valence-electron chi connectivity index (χ3n) is 2.01. The number of rotatable bonds is 2. The van der Waals surface area contributed by atoms with Crippen LogP contribution in [0.1, 0.15) is 18.5 Å². The maximum Gasteiger partial charge on any atom is 0.251 e. The Morgan fingerprint density at radius 2 is 2.21 bits per heavy atom. The van der Waals surface area contributed by atoms with E-state index in [-0.39, 0.29) is 0 Å². The Labute approximate surface area is 81.8 Å². The molecular formula is C9H12N4O. The Hall–Kier alpha value is -1.65. The first-order valence-electron chi connectivity index (χ1n) is 4.53. The van der Waals surface area contributed by atoms with Crippen LogP contribution in [0.5, 0.6) is 0 Å². The van der Waals surface area contributed by atoms with E-state index in [0.29, 0.717) is 11.8 Å². The molecule has 2 heterocycles. The van der Waals surface area contributed by atoms with E-state index in [4.69, 9.17) is 4.42 Å². The highest BCUT2D eigenvalue weighted by Gasteiger charge is 2.12. The Balaban J connectivity index is 2.43. The van der Waals surface area contributed by atoms with E-state index in [9.17, 15) is 0 Å². The molecule has 74 valence electrons. The molecule has 0 amide bonds. The Bertz CT molecular complexity index is 443. The van der Waals surface area contributed by atoms with Crippen LogP contribution in [0.15, 0.2) is 10.6 Å². The fraction of sp³-hybridized carbons (Fsp3) is 0.444. The summed E-state index contributed by atoms with van der Waals surface area (Å²) in [6.45, 7) is 3.90. The van der Waals surface area contributed by atoms with Gasteiger partial charge < -0.3 is 4.42 Å². The maximum atomic E-state index is 5.44. The second-order valence-electron chi connectivity index (χ2n) is 3.16. The number of hydrogen-bond acceptors (Lipinski definition) is 4. The minimum Gasteiger partial charge on any atom is -0.421 e. The van der Waals surface area contributed by atoms with Gasteiger partial charge in [-0.1, -0.05) is 6.92 Å². The van der Waals surface area contributed by atoms with Crippen LogP contribution in [0.25, 0.3) is 11.5 Å². The third kappa shape index (κ3) is 1.41. The largest absolute Gasteiger partial charge is 0.421 e. The van der Waals surface area contributed by atoms with Gasteiger partial charge in [-0.05, 0) is 6.92 Å². The van der Waals surface area contributed by atoms with Crippen LogP contribution >= 0.6 is 0 Å². The summed E-state index contributed by atoms with van der Waals surface area (Å²) in [5, 5.41) is 12.1. The average Bonchev–Trinajstić information content (AvgIpc) is 2.71. The number of aromatic nitrogens is 4. The summed E-state index contributed by atoms with van der Waals surface area (Å²) in [6.07, 6.45) is 2.63. The molecule has 0 aromatic carbocycles. The van der Waals surface area contributed by atoms with Crippen molar-refractivity contribution >= 4 is 0 Å². The van der Waals surface area contributed by atoms with Gasteiger partial charge in [-0.2, -0.15) is 5.10 Å². The first-order chi connectivity index (χ1) is 6.70. The molecule has 0 bridgehead atoms. The zero-order valence-electron chi connectivity index (χ0n) is 8.48. The van der Waals surface area contributed by atoms with Gasteiger partial charge in [-0.15, -0.1) is 10.2 Å². The van der Waals surface area contributed by atoms with Gasteiger partial charge in [0.05, 0.1) is 11.3 Å². The van der Waals surface area contributed by atoms with Gasteiger partial charge in [0, 0.05) is 19.7 Å². The molecule has 0 unspecified atom stereocenters. The van der Waals surface area contributed by atoms with Crippen molar-refractivity contribution in [1.29, 1.82) is 0 Å². The van der Waals surface area contributed by atoms with Crippen LogP contribution in [0.4, 0.5) is 0 Å². The van der Waals surface area contributed by atoms with Crippen molar-refractivity contribution in [1.82, 2.24) is 20.0 Å². The molecule has 2 rings (SSSR count). The zero-order valence-corrected chi connectivity index (χ0v) is 8.48. The lowest BCUT2D eigenvalue weighted by Crippen LogP contribution is -1.86. The third-order valence-corrected chi connectivity index (χ3v) is 2.01. The van der Waals surface area contributed by atoms with Gasteiger partial charge in [-0.25, -0.2) is 0 Å². The molecule has 0 fully saturated rings. The highest BCUT2D eigenvalue weighted by molar-refractivity contribution is 5.54. The van der Waals surface area contributed by atoms with Gasteiger partial charge >= 0.3 is 0 Å². The number of nitrogens with zero attached hydrogens (tertiary/aromatic N) is 4. The van der Waals surface area contributed by atoms with E-state index in [1.54, 1.807) is 4.68 Å². The molecule has 5 nitrogen and oxygen atoms in total. The molecule has 2 aromatic heterocycles. The molecular weight excluding hydrogens is 180 g/mol. The highest BCUT2D eigenvalue weighted by Crippen LogP contribution is 2.20. The van der Waals surface area contributed by atoms with E-state index in [1.807, 2.05) is 27.1 Å². The van der Waals surface area contributed by atoms with E-state index in [2.05, 4.69) is 15.3 Å². The summed E-state index contributed by atoms with van der Waals surface area (Å²) in [7, 11) is 1.87.